The van der Waals surface area contributed by atoms with Crippen LogP contribution in [0.15, 0.2) is 54.7 Å². The van der Waals surface area contributed by atoms with Crippen molar-refractivity contribution >= 4 is 50.6 Å². The van der Waals surface area contributed by atoms with E-state index >= 15 is 0 Å². The summed E-state index contributed by atoms with van der Waals surface area (Å²) in [4.78, 5) is 36.3. The number of nitrogens with zero attached hydrogens (tertiary/aromatic N) is 3. The smallest absolute Gasteiger partial charge is 0.331 e. The number of anilines is 3. The van der Waals surface area contributed by atoms with E-state index in [1.165, 1.54) is 11.3 Å². The molecule has 9 heteroatoms. The van der Waals surface area contributed by atoms with Crippen LogP contribution in [0.5, 0.6) is 11.5 Å². The normalized spacial score (nSPS) is 17.2. The van der Waals surface area contributed by atoms with Gasteiger partial charge in [0.1, 0.15) is 21.2 Å². The summed E-state index contributed by atoms with van der Waals surface area (Å²) in [6, 6.07) is 15.0. The molecule has 1 saturated heterocycles. The van der Waals surface area contributed by atoms with Crippen molar-refractivity contribution in [1.29, 1.82) is 0 Å². The second-order valence-corrected chi connectivity index (χ2v) is 10.6. The van der Waals surface area contributed by atoms with Crippen LogP contribution in [0.2, 0.25) is 0 Å². The van der Waals surface area contributed by atoms with E-state index in [9.17, 15) is 9.59 Å². The number of amides is 3. The minimum absolute atomic E-state index is 0.0976. The Morgan fingerprint density at radius 3 is 2.68 bits per heavy atom. The summed E-state index contributed by atoms with van der Waals surface area (Å²) in [5.41, 5.74) is 3.86. The standard InChI is InChI=1S/C28H27N5O3S/c1-16-17(2)22(36-19-7-5-4-6-8-19)10-9-20(16)33-21-11-13-29-27-23(21)24(31-28(33)35)25(37-27)26(34)30-18-12-14-32(3)15-18/h4-11,13,18H,12,14-15H2,1-3H3,(H,30,34)(H,31,35)/t18-/m1/s1. The van der Waals surface area contributed by atoms with Crippen LogP contribution in [-0.2, 0) is 0 Å². The molecule has 4 aromatic rings. The van der Waals surface area contributed by atoms with Crippen LogP contribution < -0.4 is 20.3 Å². The van der Waals surface area contributed by atoms with Gasteiger partial charge in [0.25, 0.3) is 5.91 Å². The Balaban J connectivity index is 1.37. The number of likely N-dealkylation sites (N-methyl/N-ethyl adjacent to an activating group) is 1. The Morgan fingerprint density at radius 2 is 1.92 bits per heavy atom. The largest absolute Gasteiger partial charge is 0.457 e. The molecule has 0 unspecified atom stereocenters. The van der Waals surface area contributed by atoms with Gasteiger partial charge in [0.05, 0.1) is 22.4 Å². The van der Waals surface area contributed by atoms with Gasteiger partial charge in [0, 0.05) is 18.8 Å². The molecular weight excluding hydrogens is 486 g/mol. The predicted molar refractivity (Wildman–Crippen MR) is 147 cm³/mol. The van der Waals surface area contributed by atoms with Crippen LogP contribution in [0.25, 0.3) is 10.2 Å². The minimum Gasteiger partial charge on any atom is -0.457 e. The average Bonchev–Trinajstić information content (AvgIpc) is 3.47. The monoisotopic (exact) mass is 513 g/mol. The number of urea groups is 1. The number of benzene rings is 2. The van der Waals surface area contributed by atoms with Gasteiger partial charge < -0.3 is 20.3 Å². The van der Waals surface area contributed by atoms with E-state index in [4.69, 9.17) is 4.74 Å². The first-order valence-corrected chi connectivity index (χ1v) is 13.1. The van der Waals surface area contributed by atoms with E-state index in [0.29, 0.717) is 21.1 Å². The quantitative estimate of drug-likeness (QED) is 0.351. The highest BCUT2D eigenvalue weighted by molar-refractivity contribution is 7.21. The molecule has 8 nitrogen and oxygen atoms in total. The molecule has 6 rings (SSSR count). The number of aromatic nitrogens is 1. The van der Waals surface area contributed by atoms with Crippen molar-refractivity contribution in [2.45, 2.75) is 26.3 Å². The highest BCUT2D eigenvalue weighted by Crippen LogP contribution is 2.47. The fourth-order valence-electron chi connectivity index (χ4n) is 5.04. The second-order valence-electron chi connectivity index (χ2n) is 9.55. The minimum atomic E-state index is -0.313. The Morgan fingerprint density at radius 1 is 1.11 bits per heavy atom. The van der Waals surface area contributed by atoms with Crippen LogP contribution in [0.4, 0.5) is 21.9 Å². The number of nitrogens with one attached hydrogen (secondary N) is 2. The van der Waals surface area contributed by atoms with Crippen molar-refractivity contribution in [3.05, 3.63) is 70.7 Å². The molecule has 2 aliphatic heterocycles. The first kappa shape index (κ1) is 23.4. The van der Waals surface area contributed by atoms with Gasteiger partial charge >= 0.3 is 6.03 Å². The Labute approximate surface area is 218 Å². The number of carbonyl (C=O) groups is 2. The Bertz CT molecular complexity index is 1530. The summed E-state index contributed by atoms with van der Waals surface area (Å²) in [5.74, 6) is 1.31. The number of likely N-dealkylation sites (tertiary alicyclic amines) is 1. The maximum Gasteiger partial charge on any atom is 0.331 e. The number of thiophene rings is 1. The van der Waals surface area contributed by atoms with Gasteiger partial charge in [-0.1, -0.05) is 18.2 Å². The lowest BCUT2D eigenvalue weighted by molar-refractivity contribution is 0.0943. The molecule has 2 aromatic carbocycles. The molecule has 3 amide bonds. The van der Waals surface area contributed by atoms with Gasteiger partial charge in [-0.2, -0.15) is 0 Å². The number of hydrogen-bond acceptors (Lipinski definition) is 6. The molecule has 0 radical (unpaired) electrons. The lowest BCUT2D eigenvalue weighted by Gasteiger charge is -2.30. The Hall–Kier alpha value is -3.95. The van der Waals surface area contributed by atoms with E-state index in [-0.39, 0.29) is 18.0 Å². The van der Waals surface area contributed by atoms with Gasteiger partial charge in [0.2, 0.25) is 0 Å². The van der Waals surface area contributed by atoms with Gasteiger partial charge in [-0.3, -0.25) is 9.69 Å². The predicted octanol–water partition coefficient (Wildman–Crippen LogP) is 5.82. The molecule has 2 aliphatic rings. The van der Waals surface area contributed by atoms with Crippen molar-refractivity contribution in [3.8, 4) is 11.5 Å². The highest BCUT2D eigenvalue weighted by Gasteiger charge is 2.34. The van der Waals surface area contributed by atoms with Crippen LogP contribution in [0, 0.1) is 13.8 Å². The van der Waals surface area contributed by atoms with Crippen molar-refractivity contribution < 1.29 is 14.3 Å². The average molecular weight is 514 g/mol. The van der Waals surface area contributed by atoms with E-state index in [1.807, 2.05) is 69.4 Å². The molecule has 0 bridgehead atoms. The number of hydrogen-bond donors (Lipinski definition) is 2. The van der Waals surface area contributed by atoms with Crippen molar-refractivity contribution in [2.24, 2.45) is 0 Å². The third-order valence-electron chi connectivity index (χ3n) is 7.10. The third kappa shape index (κ3) is 4.10. The number of carbonyl (C=O) groups excluding carboxylic acids is 2. The molecule has 1 atom stereocenters. The van der Waals surface area contributed by atoms with E-state index < -0.39 is 0 Å². The first-order chi connectivity index (χ1) is 17.9. The lowest BCUT2D eigenvalue weighted by Crippen LogP contribution is -2.38. The van der Waals surface area contributed by atoms with Gasteiger partial charge in [-0.25, -0.2) is 9.78 Å². The number of rotatable bonds is 5. The molecule has 2 aromatic heterocycles. The third-order valence-corrected chi connectivity index (χ3v) is 8.20. The summed E-state index contributed by atoms with van der Waals surface area (Å²) >= 11 is 1.31. The molecule has 0 spiro atoms. The summed E-state index contributed by atoms with van der Waals surface area (Å²) in [6.07, 6.45) is 2.60. The zero-order valence-electron chi connectivity index (χ0n) is 20.9. The summed E-state index contributed by atoms with van der Waals surface area (Å²) < 4.78 is 6.09. The van der Waals surface area contributed by atoms with E-state index in [1.54, 1.807) is 11.1 Å². The van der Waals surface area contributed by atoms with Crippen molar-refractivity contribution in [2.75, 3.05) is 30.4 Å². The molecule has 37 heavy (non-hydrogen) atoms. The van der Waals surface area contributed by atoms with Gasteiger partial charge in [0.15, 0.2) is 0 Å². The van der Waals surface area contributed by atoms with E-state index in [0.717, 1.165) is 53.2 Å². The molecule has 188 valence electrons. The number of pyridine rings is 1. The van der Waals surface area contributed by atoms with Gasteiger partial charge in [-0.15, -0.1) is 11.3 Å². The van der Waals surface area contributed by atoms with Crippen molar-refractivity contribution in [3.63, 3.8) is 0 Å². The maximum atomic E-state index is 13.5. The molecule has 0 saturated carbocycles. The fraction of sp³-hybridized carbons (Fsp3) is 0.250. The van der Waals surface area contributed by atoms with Crippen LogP contribution in [-0.4, -0.2) is 48.0 Å². The highest BCUT2D eigenvalue weighted by atomic mass is 32.1. The molecule has 2 N–H and O–H groups in total. The molecule has 0 aliphatic carbocycles. The maximum absolute atomic E-state index is 13.5. The number of para-hydroxylation sites is 1. The SMILES string of the molecule is Cc1c(Oc2ccccc2)ccc(N2C(=O)Nc3c(C(=O)N[C@@H]4CCN(C)C4)sc4nccc2c34)c1C. The Kier molecular flexibility index (Phi) is 5.81. The van der Waals surface area contributed by atoms with Crippen LogP contribution in [0.3, 0.4) is 0 Å². The van der Waals surface area contributed by atoms with Gasteiger partial charge in [-0.05, 0) is 75.3 Å². The summed E-state index contributed by atoms with van der Waals surface area (Å²) in [7, 11) is 2.05. The van der Waals surface area contributed by atoms with Crippen molar-refractivity contribution in [1.82, 2.24) is 15.2 Å². The van der Waals surface area contributed by atoms with Crippen LogP contribution in [0.1, 0.15) is 27.2 Å². The summed E-state index contributed by atoms with van der Waals surface area (Å²) in [5, 5.41) is 6.90. The number of ether oxygens (including phenoxy) is 1. The zero-order valence-corrected chi connectivity index (χ0v) is 21.7. The fourth-order valence-corrected chi connectivity index (χ4v) is 6.06. The molecular formula is C28H27N5O3S. The molecule has 4 heterocycles. The first-order valence-electron chi connectivity index (χ1n) is 12.3. The lowest BCUT2D eigenvalue weighted by atomic mass is 10.0. The van der Waals surface area contributed by atoms with Crippen LogP contribution >= 0.6 is 11.3 Å². The second kappa shape index (κ2) is 9.17. The zero-order chi connectivity index (χ0) is 25.7. The molecule has 1 fully saturated rings. The summed E-state index contributed by atoms with van der Waals surface area (Å²) in [6.45, 7) is 5.74. The van der Waals surface area contributed by atoms with E-state index in [2.05, 4.69) is 20.5 Å². The topological polar surface area (TPSA) is 86.8 Å².